The van der Waals surface area contributed by atoms with Gasteiger partial charge in [-0.15, -0.1) is 5.10 Å². The van der Waals surface area contributed by atoms with E-state index in [2.05, 4.69) is 30.4 Å². The van der Waals surface area contributed by atoms with Crippen LogP contribution in [0.2, 0.25) is 5.02 Å². The maximum Gasteiger partial charge on any atom is 0.151 e. The third-order valence-corrected chi connectivity index (χ3v) is 4.06. The summed E-state index contributed by atoms with van der Waals surface area (Å²) in [5.74, 6) is 1.76. The Bertz CT molecular complexity index is 646. The molecule has 0 bridgehead atoms. The summed E-state index contributed by atoms with van der Waals surface area (Å²) in [5.41, 5.74) is 6.62. The van der Waals surface area contributed by atoms with Crippen LogP contribution in [0.5, 0.6) is 0 Å². The number of aromatic nitrogens is 4. The number of hydrogen-bond donors (Lipinski definition) is 2. The van der Waals surface area contributed by atoms with Gasteiger partial charge in [0.2, 0.25) is 0 Å². The van der Waals surface area contributed by atoms with Gasteiger partial charge in [-0.2, -0.15) is 5.10 Å². The summed E-state index contributed by atoms with van der Waals surface area (Å²) in [4.78, 5) is 10.2. The Labute approximate surface area is 133 Å². The molecule has 1 unspecified atom stereocenters. The van der Waals surface area contributed by atoms with E-state index in [4.69, 9.17) is 17.3 Å². The number of rotatable bonds is 3. The monoisotopic (exact) mass is 319 g/mol. The molecule has 1 saturated heterocycles. The van der Waals surface area contributed by atoms with E-state index >= 15 is 0 Å². The molecule has 2 aromatic heterocycles. The number of nitrogens with one attached hydrogen (secondary N) is 1. The third kappa shape index (κ3) is 3.19. The van der Waals surface area contributed by atoms with Gasteiger partial charge in [-0.1, -0.05) is 11.6 Å². The second kappa shape index (κ2) is 6.31. The highest BCUT2D eigenvalue weighted by Crippen LogP contribution is 2.26. The molecule has 0 aliphatic carbocycles. The Balaban J connectivity index is 1.70. The van der Waals surface area contributed by atoms with E-state index in [-0.39, 0.29) is 11.9 Å². The summed E-state index contributed by atoms with van der Waals surface area (Å²) in [7, 11) is 0. The Morgan fingerprint density at radius 2 is 2.18 bits per heavy atom. The Hall–Kier alpha value is -2.15. The number of nitrogen functional groups attached to an aromatic ring is 1. The van der Waals surface area contributed by atoms with Gasteiger partial charge in [-0.05, 0) is 31.9 Å². The Morgan fingerprint density at radius 1 is 1.32 bits per heavy atom. The van der Waals surface area contributed by atoms with Crippen molar-refractivity contribution in [3.63, 3.8) is 0 Å². The molecule has 0 amide bonds. The molecule has 2 aromatic rings. The predicted molar refractivity (Wildman–Crippen MR) is 87.1 cm³/mol. The molecule has 1 aliphatic heterocycles. The Kier molecular flexibility index (Phi) is 4.24. The molecule has 1 atom stereocenters. The van der Waals surface area contributed by atoms with Crippen LogP contribution in [0.4, 0.5) is 17.5 Å². The van der Waals surface area contributed by atoms with Crippen molar-refractivity contribution in [2.24, 2.45) is 0 Å². The van der Waals surface area contributed by atoms with Gasteiger partial charge in [0, 0.05) is 19.1 Å². The lowest BCUT2D eigenvalue weighted by Crippen LogP contribution is -2.42. The molecule has 1 aliphatic rings. The number of halogens is 1. The molecular weight excluding hydrogens is 302 g/mol. The minimum absolute atomic E-state index is 0.226. The number of piperidine rings is 1. The van der Waals surface area contributed by atoms with Crippen LogP contribution in [0.25, 0.3) is 0 Å². The summed E-state index contributed by atoms with van der Waals surface area (Å²) in [6.07, 6.45) is 3.51. The minimum Gasteiger partial charge on any atom is -0.382 e. The van der Waals surface area contributed by atoms with E-state index in [0.717, 1.165) is 37.4 Å². The summed E-state index contributed by atoms with van der Waals surface area (Å²) in [6.45, 7) is 3.71. The van der Waals surface area contributed by atoms with Crippen molar-refractivity contribution in [1.82, 2.24) is 20.2 Å². The number of nitrogens with zero attached hydrogens (tertiary/aromatic N) is 5. The van der Waals surface area contributed by atoms with Crippen LogP contribution < -0.4 is 16.0 Å². The van der Waals surface area contributed by atoms with Crippen LogP contribution in [0.3, 0.4) is 0 Å². The smallest absolute Gasteiger partial charge is 0.151 e. The highest BCUT2D eigenvalue weighted by molar-refractivity contribution is 6.35. The van der Waals surface area contributed by atoms with E-state index < -0.39 is 0 Å². The van der Waals surface area contributed by atoms with Crippen molar-refractivity contribution in [1.29, 1.82) is 0 Å². The average Bonchev–Trinajstić information content (AvgIpc) is 2.53. The molecule has 116 valence electrons. The van der Waals surface area contributed by atoms with Gasteiger partial charge in [0.1, 0.15) is 17.2 Å². The normalized spacial score (nSPS) is 18.3. The summed E-state index contributed by atoms with van der Waals surface area (Å²) >= 11 is 6.13. The molecule has 7 nitrogen and oxygen atoms in total. The van der Waals surface area contributed by atoms with E-state index in [1.807, 2.05) is 19.1 Å². The number of aryl methyl sites for hydroxylation is 1. The van der Waals surface area contributed by atoms with Gasteiger partial charge in [0.25, 0.3) is 0 Å². The SMILES string of the molecule is Cc1ccc(N2CCCC(Nc3ncnc(N)c3Cl)C2)nn1. The van der Waals surface area contributed by atoms with E-state index in [1.165, 1.54) is 6.33 Å². The van der Waals surface area contributed by atoms with Crippen LogP contribution in [-0.4, -0.2) is 39.3 Å². The third-order valence-electron chi connectivity index (χ3n) is 3.69. The highest BCUT2D eigenvalue weighted by atomic mass is 35.5. The van der Waals surface area contributed by atoms with Crippen molar-refractivity contribution in [3.8, 4) is 0 Å². The molecule has 0 aromatic carbocycles. The fourth-order valence-electron chi connectivity index (χ4n) is 2.54. The van der Waals surface area contributed by atoms with Crippen LogP contribution in [-0.2, 0) is 0 Å². The van der Waals surface area contributed by atoms with E-state index in [9.17, 15) is 0 Å². The van der Waals surface area contributed by atoms with Crippen LogP contribution in [0.1, 0.15) is 18.5 Å². The average molecular weight is 320 g/mol. The highest BCUT2D eigenvalue weighted by Gasteiger charge is 2.22. The van der Waals surface area contributed by atoms with Gasteiger partial charge in [0.05, 0.1) is 5.69 Å². The summed E-state index contributed by atoms with van der Waals surface area (Å²) < 4.78 is 0. The fraction of sp³-hybridized carbons (Fsp3) is 0.429. The van der Waals surface area contributed by atoms with Crippen LogP contribution >= 0.6 is 11.6 Å². The molecule has 0 saturated carbocycles. The zero-order valence-corrected chi connectivity index (χ0v) is 13.1. The van der Waals surface area contributed by atoms with Crippen molar-refractivity contribution < 1.29 is 0 Å². The number of nitrogens with two attached hydrogens (primary N) is 1. The van der Waals surface area contributed by atoms with Gasteiger partial charge in [-0.3, -0.25) is 0 Å². The topological polar surface area (TPSA) is 92.8 Å². The first-order chi connectivity index (χ1) is 10.6. The largest absolute Gasteiger partial charge is 0.382 e. The fourth-order valence-corrected chi connectivity index (χ4v) is 2.69. The molecule has 0 spiro atoms. The molecule has 1 fully saturated rings. The standard InChI is InChI=1S/C14H18ClN7/c1-9-4-5-11(21-20-9)22-6-2-3-10(7-22)19-14-12(15)13(16)17-8-18-14/h4-5,8,10H,2-3,6-7H2,1H3,(H3,16,17,18,19). The summed E-state index contributed by atoms with van der Waals surface area (Å²) in [6, 6.07) is 4.20. The van der Waals surface area contributed by atoms with E-state index in [1.54, 1.807) is 0 Å². The van der Waals surface area contributed by atoms with Crippen LogP contribution in [0.15, 0.2) is 18.5 Å². The predicted octanol–water partition coefficient (Wildman–Crippen LogP) is 1.89. The van der Waals surface area contributed by atoms with Gasteiger partial charge < -0.3 is 16.0 Å². The number of hydrogen-bond acceptors (Lipinski definition) is 7. The lowest BCUT2D eigenvalue weighted by Gasteiger charge is -2.34. The van der Waals surface area contributed by atoms with Gasteiger partial charge in [0.15, 0.2) is 11.6 Å². The first-order valence-electron chi connectivity index (χ1n) is 7.21. The zero-order valence-electron chi connectivity index (χ0n) is 12.3. The molecule has 22 heavy (non-hydrogen) atoms. The Morgan fingerprint density at radius 3 is 2.95 bits per heavy atom. The van der Waals surface area contributed by atoms with Crippen molar-refractivity contribution in [2.45, 2.75) is 25.8 Å². The minimum atomic E-state index is 0.226. The van der Waals surface area contributed by atoms with Crippen LogP contribution in [0, 0.1) is 6.92 Å². The number of anilines is 3. The molecule has 3 heterocycles. The van der Waals surface area contributed by atoms with Gasteiger partial charge >= 0.3 is 0 Å². The molecule has 3 N–H and O–H groups in total. The second-order valence-electron chi connectivity index (χ2n) is 5.38. The second-order valence-corrected chi connectivity index (χ2v) is 5.76. The van der Waals surface area contributed by atoms with Crippen molar-refractivity contribution in [3.05, 3.63) is 29.2 Å². The first kappa shape index (κ1) is 14.8. The zero-order chi connectivity index (χ0) is 15.5. The molecular formula is C14H18ClN7. The van der Waals surface area contributed by atoms with Crippen molar-refractivity contribution >= 4 is 29.1 Å². The lowest BCUT2D eigenvalue weighted by molar-refractivity contribution is 0.524. The molecule has 0 radical (unpaired) electrons. The van der Waals surface area contributed by atoms with Crippen molar-refractivity contribution in [2.75, 3.05) is 29.0 Å². The molecule has 3 rings (SSSR count). The van der Waals surface area contributed by atoms with E-state index in [0.29, 0.717) is 10.8 Å². The quantitative estimate of drug-likeness (QED) is 0.892. The molecule has 8 heteroatoms. The maximum atomic E-state index is 6.13. The summed E-state index contributed by atoms with van der Waals surface area (Å²) in [5, 5.41) is 12.1. The van der Waals surface area contributed by atoms with Gasteiger partial charge in [-0.25, -0.2) is 9.97 Å². The first-order valence-corrected chi connectivity index (χ1v) is 7.59. The lowest BCUT2D eigenvalue weighted by atomic mass is 10.1. The maximum absolute atomic E-state index is 6.13.